The molecule has 0 atom stereocenters. The number of carbonyl (C=O) groups is 1. The van der Waals surface area contributed by atoms with Gasteiger partial charge in [-0.15, -0.1) is 0 Å². The fourth-order valence-corrected chi connectivity index (χ4v) is 2.28. The van der Waals surface area contributed by atoms with Gasteiger partial charge in [0.2, 0.25) is 0 Å². The lowest BCUT2D eigenvalue weighted by Crippen LogP contribution is -2.19. The summed E-state index contributed by atoms with van der Waals surface area (Å²) >= 11 is 3.05. The number of hydrogen-bond acceptors (Lipinski definition) is 4. The molecule has 0 aliphatic carbocycles. The highest BCUT2D eigenvalue weighted by atomic mass is 79.9. The van der Waals surface area contributed by atoms with E-state index in [1.807, 2.05) is 0 Å². The molecule has 0 saturated carbocycles. The molecular formula is C15H11BrFN3O3. The van der Waals surface area contributed by atoms with Crippen molar-refractivity contribution >= 4 is 33.7 Å². The number of nitrogens with zero attached hydrogens (tertiary/aromatic N) is 2. The van der Waals surface area contributed by atoms with Gasteiger partial charge in [-0.1, -0.05) is 12.1 Å². The van der Waals surface area contributed by atoms with Crippen LogP contribution >= 0.6 is 15.9 Å². The molecule has 0 fully saturated rings. The molecule has 118 valence electrons. The van der Waals surface area contributed by atoms with Crippen molar-refractivity contribution in [2.24, 2.45) is 5.10 Å². The van der Waals surface area contributed by atoms with Gasteiger partial charge < -0.3 is 0 Å². The summed E-state index contributed by atoms with van der Waals surface area (Å²) in [4.78, 5) is 22.3. The van der Waals surface area contributed by atoms with Crippen LogP contribution in [-0.2, 0) is 0 Å². The number of rotatable bonds is 4. The molecule has 1 N–H and O–H groups in total. The molecule has 0 aliphatic rings. The van der Waals surface area contributed by atoms with Crippen LogP contribution in [0.25, 0.3) is 0 Å². The first-order valence-corrected chi connectivity index (χ1v) is 7.22. The summed E-state index contributed by atoms with van der Waals surface area (Å²) in [7, 11) is 0. The fraction of sp³-hybridized carbons (Fsp3) is 0.0667. The molecule has 2 rings (SSSR count). The van der Waals surface area contributed by atoms with Crippen LogP contribution in [0.3, 0.4) is 0 Å². The van der Waals surface area contributed by atoms with Gasteiger partial charge in [0.05, 0.1) is 21.2 Å². The Hall–Kier alpha value is -2.61. The van der Waals surface area contributed by atoms with Gasteiger partial charge in [0.1, 0.15) is 5.82 Å². The van der Waals surface area contributed by atoms with Crippen LogP contribution in [-0.4, -0.2) is 17.0 Å². The first-order chi connectivity index (χ1) is 10.9. The first-order valence-electron chi connectivity index (χ1n) is 6.42. The first kappa shape index (κ1) is 16.8. The third-order valence-corrected chi connectivity index (χ3v) is 3.68. The Morgan fingerprint density at radius 1 is 1.39 bits per heavy atom. The monoisotopic (exact) mass is 379 g/mol. The summed E-state index contributed by atoms with van der Waals surface area (Å²) in [5, 5.41) is 14.6. The lowest BCUT2D eigenvalue weighted by molar-refractivity contribution is -0.385. The smallest absolute Gasteiger partial charge is 0.267 e. The zero-order valence-electron chi connectivity index (χ0n) is 11.9. The van der Waals surface area contributed by atoms with Crippen LogP contribution in [0.2, 0.25) is 0 Å². The van der Waals surface area contributed by atoms with E-state index < -0.39 is 16.6 Å². The number of nitro benzene ring substituents is 1. The van der Waals surface area contributed by atoms with E-state index in [1.54, 1.807) is 0 Å². The molecule has 0 radical (unpaired) electrons. The summed E-state index contributed by atoms with van der Waals surface area (Å²) in [5.74, 6) is -0.970. The van der Waals surface area contributed by atoms with Crippen molar-refractivity contribution in [2.45, 2.75) is 6.92 Å². The molecule has 8 heteroatoms. The molecule has 6 nitrogen and oxygen atoms in total. The minimum atomic E-state index is -0.566. The Morgan fingerprint density at radius 3 is 2.78 bits per heavy atom. The van der Waals surface area contributed by atoms with Crippen molar-refractivity contribution in [1.29, 1.82) is 0 Å². The maximum absolute atomic E-state index is 13.1. The van der Waals surface area contributed by atoms with Crippen LogP contribution in [0, 0.1) is 22.9 Å². The predicted octanol–water partition coefficient (Wildman–Crippen LogP) is 3.57. The molecule has 0 spiro atoms. The van der Waals surface area contributed by atoms with Crippen molar-refractivity contribution in [3.8, 4) is 0 Å². The maximum atomic E-state index is 13.1. The average molecular weight is 380 g/mol. The molecule has 0 aromatic heterocycles. The number of nitro groups is 1. The van der Waals surface area contributed by atoms with Gasteiger partial charge in [0.25, 0.3) is 11.6 Å². The molecule has 2 aromatic carbocycles. The highest BCUT2D eigenvalue weighted by molar-refractivity contribution is 9.10. The second kappa shape index (κ2) is 7.10. The van der Waals surface area contributed by atoms with Crippen LogP contribution in [0.1, 0.15) is 21.5 Å². The minimum absolute atomic E-state index is 0.135. The Labute approximate surface area is 139 Å². The number of hydrogen-bond donors (Lipinski definition) is 1. The van der Waals surface area contributed by atoms with Gasteiger partial charge in [0.15, 0.2) is 0 Å². The Bertz CT molecular complexity index is 809. The normalized spacial score (nSPS) is 10.7. The second-order valence-corrected chi connectivity index (χ2v) is 5.43. The van der Waals surface area contributed by atoms with Gasteiger partial charge >= 0.3 is 0 Å². The van der Waals surface area contributed by atoms with Gasteiger partial charge in [-0.05, 0) is 46.6 Å². The zero-order valence-corrected chi connectivity index (χ0v) is 13.5. The number of hydrazone groups is 1. The number of benzene rings is 2. The quantitative estimate of drug-likeness (QED) is 0.500. The number of nitrogens with one attached hydrogen (secondary N) is 1. The van der Waals surface area contributed by atoms with Gasteiger partial charge in [-0.2, -0.15) is 5.10 Å². The van der Waals surface area contributed by atoms with E-state index in [1.165, 1.54) is 49.5 Å². The van der Waals surface area contributed by atoms with Crippen molar-refractivity contribution in [3.63, 3.8) is 0 Å². The third kappa shape index (κ3) is 3.98. The molecule has 0 heterocycles. The van der Waals surface area contributed by atoms with Crippen molar-refractivity contribution in [1.82, 2.24) is 5.43 Å². The lowest BCUT2D eigenvalue weighted by Gasteiger charge is -2.04. The fourth-order valence-electron chi connectivity index (χ4n) is 1.89. The Morgan fingerprint density at radius 2 is 2.13 bits per heavy atom. The van der Waals surface area contributed by atoms with Crippen molar-refractivity contribution in [3.05, 3.63) is 73.5 Å². The van der Waals surface area contributed by atoms with E-state index in [4.69, 9.17) is 0 Å². The summed E-state index contributed by atoms with van der Waals surface area (Å²) < 4.78 is 13.4. The van der Waals surface area contributed by atoms with E-state index in [0.717, 1.165) is 0 Å². The van der Waals surface area contributed by atoms with Gasteiger partial charge in [0, 0.05) is 11.6 Å². The van der Waals surface area contributed by atoms with Crippen LogP contribution in [0.4, 0.5) is 10.1 Å². The predicted molar refractivity (Wildman–Crippen MR) is 87.0 cm³/mol. The summed E-state index contributed by atoms with van der Waals surface area (Å²) in [6, 6.07) is 8.49. The standard InChI is InChI=1S/C15H11BrFN3O3/c1-9-11(3-2-4-14(9)20(22)23)15(21)19-18-8-10-5-6-13(17)12(16)7-10/h2-8H,1H3,(H,19,21). The topological polar surface area (TPSA) is 84.6 Å². The van der Waals surface area contributed by atoms with Gasteiger partial charge in [-0.3, -0.25) is 14.9 Å². The van der Waals surface area contributed by atoms with Crippen molar-refractivity contribution in [2.75, 3.05) is 0 Å². The number of halogens is 2. The van der Waals surface area contributed by atoms with Crippen LogP contribution in [0.5, 0.6) is 0 Å². The molecule has 2 aromatic rings. The summed E-state index contributed by atoms with van der Waals surface area (Å²) in [6.45, 7) is 1.49. The summed E-state index contributed by atoms with van der Waals surface area (Å²) in [6.07, 6.45) is 1.34. The second-order valence-electron chi connectivity index (χ2n) is 4.58. The molecule has 0 unspecified atom stereocenters. The average Bonchev–Trinajstić information content (AvgIpc) is 2.50. The summed E-state index contributed by atoms with van der Waals surface area (Å²) in [5.41, 5.74) is 3.15. The van der Waals surface area contributed by atoms with E-state index in [0.29, 0.717) is 5.56 Å². The molecule has 1 amide bonds. The Kier molecular flexibility index (Phi) is 5.17. The molecule has 0 saturated heterocycles. The maximum Gasteiger partial charge on any atom is 0.273 e. The Balaban J connectivity index is 2.13. The minimum Gasteiger partial charge on any atom is -0.267 e. The van der Waals surface area contributed by atoms with Crippen LogP contribution in [0.15, 0.2) is 46.0 Å². The lowest BCUT2D eigenvalue weighted by atomic mass is 10.1. The highest BCUT2D eigenvalue weighted by Crippen LogP contribution is 2.21. The molecular weight excluding hydrogens is 369 g/mol. The van der Waals surface area contributed by atoms with Crippen LogP contribution < -0.4 is 5.43 Å². The third-order valence-electron chi connectivity index (χ3n) is 3.07. The SMILES string of the molecule is Cc1c(C(=O)NN=Cc2ccc(F)c(Br)c2)cccc1[N+](=O)[O-]. The molecule has 23 heavy (non-hydrogen) atoms. The highest BCUT2D eigenvalue weighted by Gasteiger charge is 2.17. The number of carbonyl (C=O) groups excluding carboxylic acids is 1. The van der Waals surface area contributed by atoms with E-state index in [-0.39, 0.29) is 21.3 Å². The van der Waals surface area contributed by atoms with E-state index >= 15 is 0 Å². The van der Waals surface area contributed by atoms with Crippen molar-refractivity contribution < 1.29 is 14.1 Å². The van der Waals surface area contributed by atoms with E-state index in [2.05, 4.69) is 26.5 Å². The zero-order chi connectivity index (χ0) is 17.0. The molecule has 0 bridgehead atoms. The van der Waals surface area contributed by atoms with E-state index in [9.17, 15) is 19.3 Å². The number of amides is 1. The molecule has 0 aliphatic heterocycles. The van der Waals surface area contributed by atoms with Gasteiger partial charge in [-0.25, -0.2) is 9.82 Å². The largest absolute Gasteiger partial charge is 0.273 e.